The lowest BCUT2D eigenvalue weighted by atomic mass is 10.0. The number of aliphatic imine (C=N–C) groups is 1. The van der Waals surface area contributed by atoms with Gasteiger partial charge in [0.1, 0.15) is 0 Å². The normalized spacial score (nSPS) is 15.6. The van der Waals surface area contributed by atoms with E-state index < -0.39 is 0 Å². The maximum Gasteiger partial charge on any atom is 0.222 e. The predicted octanol–water partition coefficient (Wildman–Crippen LogP) is 2.52. The Labute approximate surface area is 179 Å². The third-order valence-electron chi connectivity index (χ3n) is 5.38. The van der Waals surface area contributed by atoms with E-state index in [9.17, 15) is 4.79 Å². The maximum atomic E-state index is 12.0. The first-order valence-corrected chi connectivity index (χ1v) is 10.8. The van der Waals surface area contributed by atoms with Gasteiger partial charge in [-0.15, -0.1) is 0 Å². The molecule has 0 spiro atoms. The molecule has 1 aliphatic rings. The lowest BCUT2D eigenvalue weighted by Crippen LogP contribution is -2.48. The van der Waals surface area contributed by atoms with E-state index in [0.29, 0.717) is 25.6 Å². The number of rotatable bonds is 8. The zero-order chi connectivity index (χ0) is 21.0. The highest BCUT2D eigenvalue weighted by molar-refractivity contribution is 5.81. The minimum atomic E-state index is 0.0380. The second-order valence-electron chi connectivity index (χ2n) is 7.69. The van der Waals surface area contributed by atoms with E-state index in [2.05, 4.69) is 56.2 Å². The molecule has 160 valence electrons. The Kier molecular flexibility index (Phi) is 8.72. The molecule has 0 bridgehead atoms. The van der Waals surface area contributed by atoms with Crippen LogP contribution >= 0.6 is 0 Å². The molecule has 1 amide bonds. The number of amides is 1. The molecule has 2 aromatic carbocycles. The van der Waals surface area contributed by atoms with Crippen molar-refractivity contribution in [3.8, 4) is 0 Å². The second kappa shape index (κ2) is 12.0. The van der Waals surface area contributed by atoms with Gasteiger partial charge < -0.3 is 16.0 Å². The van der Waals surface area contributed by atoms with Gasteiger partial charge in [-0.1, -0.05) is 60.7 Å². The number of benzene rings is 2. The molecule has 0 saturated carbocycles. The molecule has 0 aliphatic carbocycles. The Hall–Kier alpha value is -2.86. The average molecular weight is 408 g/mol. The third kappa shape index (κ3) is 7.52. The summed E-state index contributed by atoms with van der Waals surface area (Å²) in [5.41, 5.74) is 2.47. The Morgan fingerprint density at radius 3 is 2.23 bits per heavy atom. The van der Waals surface area contributed by atoms with Gasteiger partial charge in [0.05, 0.1) is 0 Å². The van der Waals surface area contributed by atoms with Gasteiger partial charge in [0.25, 0.3) is 0 Å². The van der Waals surface area contributed by atoms with E-state index >= 15 is 0 Å². The van der Waals surface area contributed by atoms with Crippen molar-refractivity contribution in [1.29, 1.82) is 0 Å². The molecule has 1 heterocycles. The van der Waals surface area contributed by atoms with Crippen LogP contribution in [-0.2, 0) is 17.9 Å². The Bertz CT molecular complexity index is 786. The van der Waals surface area contributed by atoms with Crippen LogP contribution in [0.4, 0.5) is 0 Å². The fraction of sp³-hybridized carbons (Fsp3) is 0.417. The first kappa shape index (κ1) is 21.8. The Morgan fingerprint density at radius 2 is 1.60 bits per heavy atom. The number of hydrogen-bond acceptors (Lipinski definition) is 3. The maximum absolute atomic E-state index is 12.0. The van der Waals surface area contributed by atoms with Gasteiger partial charge in [0, 0.05) is 52.2 Å². The Balaban J connectivity index is 1.30. The molecular formula is C24H33N5O. The number of piperidine rings is 1. The van der Waals surface area contributed by atoms with Crippen molar-refractivity contribution in [1.82, 2.24) is 20.9 Å². The highest BCUT2D eigenvalue weighted by Crippen LogP contribution is 2.13. The number of carbonyl (C=O) groups excluding carboxylic acids is 1. The van der Waals surface area contributed by atoms with E-state index in [4.69, 9.17) is 0 Å². The van der Waals surface area contributed by atoms with Crippen LogP contribution in [0.3, 0.4) is 0 Å². The molecule has 2 aromatic rings. The molecule has 1 fully saturated rings. The standard InChI is InChI=1S/C24H33N5O/c1-25-24(26-15-12-23(30)27-18-20-8-4-2-5-9-20)28-22-13-16-29(17-14-22)19-21-10-6-3-7-11-21/h2-11,22H,12-19H2,1H3,(H,27,30)(H2,25,26,28). The first-order chi connectivity index (χ1) is 14.7. The van der Waals surface area contributed by atoms with Crippen molar-refractivity contribution >= 4 is 11.9 Å². The fourth-order valence-electron chi connectivity index (χ4n) is 3.64. The zero-order valence-electron chi connectivity index (χ0n) is 17.8. The van der Waals surface area contributed by atoms with Crippen molar-refractivity contribution in [2.24, 2.45) is 4.99 Å². The topological polar surface area (TPSA) is 68.8 Å². The van der Waals surface area contributed by atoms with Crippen LogP contribution in [0.1, 0.15) is 30.4 Å². The van der Waals surface area contributed by atoms with Gasteiger partial charge in [-0.05, 0) is 24.0 Å². The van der Waals surface area contributed by atoms with Crippen molar-refractivity contribution in [2.45, 2.75) is 38.4 Å². The number of guanidine groups is 1. The van der Waals surface area contributed by atoms with Gasteiger partial charge in [0.15, 0.2) is 5.96 Å². The second-order valence-corrected chi connectivity index (χ2v) is 7.69. The molecule has 3 N–H and O–H groups in total. The van der Waals surface area contributed by atoms with Gasteiger partial charge in [-0.2, -0.15) is 0 Å². The largest absolute Gasteiger partial charge is 0.356 e. The van der Waals surface area contributed by atoms with Crippen LogP contribution in [0.2, 0.25) is 0 Å². The predicted molar refractivity (Wildman–Crippen MR) is 122 cm³/mol. The highest BCUT2D eigenvalue weighted by Gasteiger charge is 2.20. The lowest BCUT2D eigenvalue weighted by molar-refractivity contribution is -0.121. The van der Waals surface area contributed by atoms with Crippen LogP contribution in [0.5, 0.6) is 0 Å². The van der Waals surface area contributed by atoms with E-state index in [0.717, 1.165) is 44.0 Å². The summed E-state index contributed by atoms with van der Waals surface area (Å²) < 4.78 is 0. The summed E-state index contributed by atoms with van der Waals surface area (Å²) in [6.07, 6.45) is 2.60. The van der Waals surface area contributed by atoms with Crippen LogP contribution in [0, 0.1) is 0 Å². The highest BCUT2D eigenvalue weighted by atomic mass is 16.1. The Morgan fingerprint density at radius 1 is 0.967 bits per heavy atom. The van der Waals surface area contributed by atoms with Gasteiger partial charge in [-0.25, -0.2) is 0 Å². The smallest absolute Gasteiger partial charge is 0.222 e. The van der Waals surface area contributed by atoms with Crippen molar-refractivity contribution < 1.29 is 4.79 Å². The summed E-state index contributed by atoms with van der Waals surface area (Å²) in [6.45, 7) is 4.29. The fourth-order valence-corrected chi connectivity index (χ4v) is 3.64. The quantitative estimate of drug-likeness (QED) is 0.465. The van der Waals surface area contributed by atoms with Gasteiger partial charge >= 0.3 is 0 Å². The SMILES string of the molecule is CN=C(NCCC(=O)NCc1ccccc1)NC1CCN(Cc2ccccc2)CC1. The monoisotopic (exact) mass is 407 g/mol. The minimum absolute atomic E-state index is 0.0380. The van der Waals surface area contributed by atoms with E-state index in [1.54, 1.807) is 7.05 Å². The molecule has 0 unspecified atom stereocenters. The summed E-state index contributed by atoms with van der Waals surface area (Å²) in [6, 6.07) is 21.0. The van der Waals surface area contributed by atoms with Crippen molar-refractivity contribution in [3.63, 3.8) is 0 Å². The number of nitrogens with one attached hydrogen (secondary N) is 3. The van der Waals surface area contributed by atoms with Crippen LogP contribution < -0.4 is 16.0 Å². The molecule has 6 heteroatoms. The number of carbonyl (C=O) groups is 1. The van der Waals surface area contributed by atoms with E-state index in [-0.39, 0.29) is 5.91 Å². The molecule has 6 nitrogen and oxygen atoms in total. The van der Waals surface area contributed by atoms with Gasteiger partial charge in [-0.3, -0.25) is 14.7 Å². The van der Waals surface area contributed by atoms with E-state index in [1.807, 2.05) is 30.3 Å². The van der Waals surface area contributed by atoms with Crippen LogP contribution in [-0.4, -0.2) is 49.5 Å². The molecule has 3 rings (SSSR count). The molecule has 0 atom stereocenters. The summed E-state index contributed by atoms with van der Waals surface area (Å²) in [5, 5.41) is 9.72. The minimum Gasteiger partial charge on any atom is -0.356 e. The summed E-state index contributed by atoms with van der Waals surface area (Å²) >= 11 is 0. The molecule has 0 aromatic heterocycles. The summed E-state index contributed by atoms with van der Waals surface area (Å²) in [7, 11) is 1.77. The molecule has 1 aliphatic heterocycles. The zero-order valence-corrected chi connectivity index (χ0v) is 17.8. The van der Waals surface area contributed by atoms with Crippen LogP contribution in [0.25, 0.3) is 0 Å². The van der Waals surface area contributed by atoms with Crippen molar-refractivity contribution in [3.05, 3.63) is 71.8 Å². The average Bonchev–Trinajstić information content (AvgIpc) is 2.79. The van der Waals surface area contributed by atoms with Crippen molar-refractivity contribution in [2.75, 3.05) is 26.7 Å². The first-order valence-electron chi connectivity index (χ1n) is 10.8. The molecule has 1 saturated heterocycles. The number of nitrogens with zero attached hydrogens (tertiary/aromatic N) is 2. The number of hydrogen-bond donors (Lipinski definition) is 3. The number of likely N-dealkylation sites (tertiary alicyclic amines) is 1. The van der Waals surface area contributed by atoms with Crippen LogP contribution in [0.15, 0.2) is 65.7 Å². The molecule has 0 radical (unpaired) electrons. The summed E-state index contributed by atoms with van der Waals surface area (Å²) in [4.78, 5) is 18.9. The lowest BCUT2D eigenvalue weighted by Gasteiger charge is -2.33. The van der Waals surface area contributed by atoms with Gasteiger partial charge in [0.2, 0.25) is 5.91 Å². The molecule has 30 heavy (non-hydrogen) atoms. The van der Waals surface area contributed by atoms with E-state index in [1.165, 1.54) is 5.56 Å². The molecular weight excluding hydrogens is 374 g/mol. The summed E-state index contributed by atoms with van der Waals surface area (Å²) in [5.74, 6) is 0.809. The third-order valence-corrected chi connectivity index (χ3v) is 5.38.